The molecule has 1 aliphatic carbocycles. The van der Waals surface area contributed by atoms with Crippen molar-refractivity contribution in [2.75, 3.05) is 0 Å². The van der Waals surface area contributed by atoms with Crippen molar-refractivity contribution in [3.63, 3.8) is 0 Å². The summed E-state index contributed by atoms with van der Waals surface area (Å²) < 4.78 is 0. The molecule has 0 spiro atoms. The lowest BCUT2D eigenvalue weighted by Crippen LogP contribution is -2.15. The molecule has 0 fully saturated rings. The molecule has 0 N–H and O–H groups in total. The molecule has 0 unspecified atom stereocenters. The second-order valence-corrected chi connectivity index (χ2v) is 14.0. The van der Waals surface area contributed by atoms with Crippen LogP contribution in [0.25, 0.3) is 97.7 Å². The van der Waals surface area contributed by atoms with Crippen LogP contribution in [0.4, 0.5) is 0 Å². The van der Waals surface area contributed by atoms with Gasteiger partial charge in [0.1, 0.15) is 0 Å². The molecule has 0 heterocycles. The lowest BCUT2D eigenvalue weighted by molar-refractivity contribution is 0.661. The van der Waals surface area contributed by atoms with Crippen molar-refractivity contribution in [3.05, 3.63) is 157 Å². The van der Waals surface area contributed by atoms with E-state index in [1.165, 1.54) is 109 Å². The van der Waals surface area contributed by atoms with Crippen LogP contribution < -0.4 is 0 Å². The summed E-state index contributed by atoms with van der Waals surface area (Å²) in [5, 5.41) is 18.5. The van der Waals surface area contributed by atoms with Crippen LogP contribution in [-0.2, 0) is 5.41 Å². The fourth-order valence-electron chi connectivity index (χ4n) is 9.23. The van der Waals surface area contributed by atoms with E-state index in [0.29, 0.717) is 0 Å². The maximum atomic E-state index is 2.51. The Kier molecular flexibility index (Phi) is 4.74. The zero-order valence-electron chi connectivity index (χ0n) is 26.4. The third-order valence-corrected chi connectivity index (χ3v) is 11.3. The van der Waals surface area contributed by atoms with Gasteiger partial charge in [-0.1, -0.05) is 141 Å². The average molecular weight is 595 g/mol. The van der Waals surface area contributed by atoms with Gasteiger partial charge in [-0.05, 0) is 127 Å². The van der Waals surface area contributed by atoms with E-state index in [1.807, 2.05) is 0 Å². The van der Waals surface area contributed by atoms with Crippen LogP contribution in [-0.4, -0.2) is 0 Å². The summed E-state index contributed by atoms with van der Waals surface area (Å²) in [4.78, 5) is 0. The summed E-state index contributed by atoms with van der Waals surface area (Å²) in [5.74, 6) is 0. The minimum Gasteiger partial charge on any atom is -0.0619 e. The molecule has 0 atom stereocenters. The lowest BCUT2D eigenvalue weighted by atomic mass is 9.80. The van der Waals surface area contributed by atoms with Gasteiger partial charge in [-0.2, -0.15) is 0 Å². The summed E-state index contributed by atoms with van der Waals surface area (Å²) in [6.45, 7) is 4.78. The van der Waals surface area contributed by atoms with Gasteiger partial charge < -0.3 is 0 Å². The quantitative estimate of drug-likeness (QED) is 0.166. The van der Waals surface area contributed by atoms with Gasteiger partial charge in [0, 0.05) is 5.41 Å². The number of rotatable bonds is 1. The van der Waals surface area contributed by atoms with Gasteiger partial charge >= 0.3 is 0 Å². The molecule has 1 aliphatic rings. The highest BCUT2D eigenvalue weighted by Crippen LogP contribution is 2.53. The van der Waals surface area contributed by atoms with Gasteiger partial charge in [-0.15, -0.1) is 0 Å². The Morgan fingerprint density at radius 3 is 1.51 bits per heavy atom. The van der Waals surface area contributed by atoms with Crippen molar-refractivity contribution >= 4 is 75.4 Å². The first-order valence-electron chi connectivity index (χ1n) is 16.7. The van der Waals surface area contributed by atoms with Crippen molar-refractivity contribution in [1.29, 1.82) is 0 Å². The molecule has 0 radical (unpaired) electrons. The molecule has 10 aromatic carbocycles. The monoisotopic (exact) mass is 594 g/mol. The fraction of sp³-hybridized carbons (Fsp3) is 0.0638. The SMILES string of the molecule is CC1(C)c2ccccc2-c2c1cc(-c1cc3ccc4cccc5c6cccc7ccc8cccc(c(c1)c3c45)c8c76)c1ccccc21. The van der Waals surface area contributed by atoms with Crippen molar-refractivity contribution in [2.24, 2.45) is 0 Å². The molecular formula is C47H30. The van der Waals surface area contributed by atoms with Crippen LogP contribution >= 0.6 is 0 Å². The number of benzene rings is 9. The molecule has 0 heteroatoms. The minimum atomic E-state index is -0.0821. The molecule has 0 saturated heterocycles. The topological polar surface area (TPSA) is 0 Å². The summed E-state index contributed by atoms with van der Waals surface area (Å²) in [6.07, 6.45) is 0. The van der Waals surface area contributed by atoms with Crippen molar-refractivity contribution in [3.8, 4) is 22.3 Å². The smallest absolute Gasteiger partial charge is 0.0159 e. The Hall–Kier alpha value is -5.72. The second kappa shape index (κ2) is 8.75. The average Bonchev–Trinajstić information content (AvgIpc) is 3.35. The summed E-state index contributed by atoms with van der Waals surface area (Å²) in [7, 11) is 0. The Morgan fingerprint density at radius 1 is 0.340 bits per heavy atom. The first kappa shape index (κ1) is 25.5. The second-order valence-electron chi connectivity index (χ2n) is 14.0. The predicted molar refractivity (Wildman–Crippen MR) is 203 cm³/mol. The van der Waals surface area contributed by atoms with Gasteiger partial charge in [-0.3, -0.25) is 0 Å². The van der Waals surface area contributed by atoms with E-state index < -0.39 is 0 Å². The van der Waals surface area contributed by atoms with Gasteiger partial charge in [0.2, 0.25) is 0 Å². The molecule has 0 nitrogen and oxygen atoms in total. The number of fused-ring (bicyclic) bond motifs is 7. The molecule has 11 rings (SSSR count). The van der Waals surface area contributed by atoms with E-state index in [1.54, 1.807) is 0 Å². The van der Waals surface area contributed by atoms with E-state index in [4.69, 9.17) is 0 Å². The van der Waals surface area contributed by atoms with Crippen LogP contribution in [0.3, 0.4) is 0 Å². The van der Waals surface area contributed by atoms with E-state index >= 15 is 0 Å². The molecule has 0 amide bonds. The van der Waals surface area contributed by atoms with Gasteiger partial charge in [-0.25, -0.2) is 0 Å². The Balaban J connectivity index is 1.37. The highest BCUT2D eigenvalue weighted by Gasteiger charge is 2.37. The Bertz CT molecular complexity index is 2970. The zero-order chi connectivity index (χ0) is 31.0. The lowest BCUT2D eigenvalue weighted by Gasteiger charge is -2.23. The van der Waals surface area contributed by atoms with Crippen LogP contribution in [0.15, 0.2) is 146 Å². The van der Waals surface area contributed by atoms with Crippen molar-refractivity contribution in [1.82, 2.24) is 0 Å². The number of hydrogen-bond donors (Lipinski definition) is 0. The van der Waals surface area contributed by atoms with Crippen molar-refractivity contribution < 1.29 is 0 Å². The summed E-state index contributed by atoms with van der Waals surface area (Å²) in [6, 6.07) is 55.3. The van der Waals surface area contributed by atoms with E-state index in [9.17, 15) is 0 Å². The maximum Gasteiger partial charge on any atom is 0.0159 e. The standard InChI is InChI=1S/C47H30/c1-47(2)40-19-6-5-15-37(40)46-33-14-4-3-13-32(33)38(26-41(46)47)31-24-30-23-22-29-11-8-17-35-34-16-7-10-27-20-21-28-12-9-18-36(44(28)42(27)34)39(25-31)45(30)43(29)35/h3-26H,1-2H3. The molecule has 0 aliphatic heterocycles. The molecule has 47 heavy (non-hydrogen) atoms. The van der Waals surface area contributed by atoms with E-state index in [-0.39, 0.29) is 5.41 Å². The maximum absolute atomic E-state index is 2.51. The highest BCUT2D eigenvalue weighted by molar-refractivity contribution is 6.37. The largest absolute Gasteiger partial charge is 0.0619 e. The molecule has 0 saturated carbocycles. The molecule has 218 valence electrons. The van der Waals surface area contributed by atoms with E-state index in [2.05, 4.69) is 159 Å². The van der Waals surface area contributed by atoms with Crippen LogP contribution in [0.5, 0.6) is 0 Å². The van der Waals surface area contributed by atoms with Crippen LogP contribution in [0, 0.1) is 0 Å². The summed E-state index contributed by atoms with van der Waals surface area (Å²) in [5.41, 5.74) is 8.08. The van der Waals surface area contributed by atoms with Crippen LogP contribution in [0.2, 0.25) is 0 Å². The third kappa shape index (κ3) is 3.18. The molecule has 0 aromatic heterocycles. The first-order chi connectivity index (χ1) is 23.1. The zero-order valence-corrected chi connectivity index (χ0v) is 26.4. The third-order valence-electron chi connectivity index (χ3n) is 11.3. The highest BCUT2D eigenvalue weighted by atomic mass is 14.4. The van der Waals surface area contributed by atoms with Crippen molar-refractivity contribution in [2.45, 2.75) is 19.3 Å². The normalized spacial score (nSPS) is 13.9. The molecular weight excluding hydrogens is 565 g/mol. The van der Waals surface area contributed by atoms with E-state index in [0.717, 1.165) is 0 Å². The van der Waals surface area contributed by atoms with Gasteiger partial charge in [0.15, 0.2) is 0 Å². The molecule has 0 bridgehead atoms. The Morgan fingerprint density at radius 2 is 0.851 bits per heavy atom. The minimum absolute atomic E-state index is 0.0821. The predicted octanol–water partition coefficient (Wildman–Crippen LogP) is 13.2. The Labute approximate surface area is 272 Å². The van der Waals surface area contributed by atoms with Crippen LogP contribution in [0.1, 0.15) is 25.0 Å². The van der Waals surface area contributed by atoms with Gasteiger partial charge in [0.25, 0.3) is 0 Å². The molecule has 10 aromatic rings. The number of hydrogen-bond acceptors (Lipinski definition) is 0. The van der Waals surface area contributed by atoms with Gasteiger partial charge in [0.05, 0.1) is 0 Å². The fourth-order valence-corrected chi connectivity index (χ4v) is 9.23. The first-order valence-corrected chi connectivity index (χ1v) is 16.7. The summed E-state index contributed by atoms with van der Waals surface area (Å²) >= 11 is 0.